The summed E-state index contributed by atoms with van der Waals surface area (Å²) in [7, 11) is 0. The summed E-state index contributed by atoms with van der Waals surface area (Å²) in [6, 6.07) is 0.880. The Morgan fingerprint density at radius 3 is 3.07 bits per heavy atom. The highest BCUT2D eigenvalue weighted by Gasteiger charge is 2.22. The van der Waals surface area contributed by atoms with Crippen molar-refractivity contribution in [2.75, 3.05) is 11.9 Å². The van der Waals surface area contributed by atoms with Crippen LogP contribution in [0.2, 0.25) is 0 Å². The van der Waals surface area contributed by atoms with E-state index >= 15 is 0 Å². The number of fused-ring (bicyclic) bond motifs is 1. The first-order chi connectivity index (χ1) is 7.08. The van der Waals surface area contributed by atoms with Crippen LogP contribution in [0.15, 0.2) is 6.07 Å². The second-order valence-corrected chi connectivity index (χ2v) is 2.81. The van der Waals surface area contributed by atoms with Crippen LogP contribution in [-0.4, -0.2) is 28.6 Å². The van der Waals surface area contributed by atoms with Crippen LogP contribution in [0.4, 0.5) is 10.2 Å². The number of rotatable bonds is 1. The van der Waals surface area contributed by atoms with Gasteiger partial charge in [-0.25, -0.2) is 14.2 Å². The van der Waals surface area contributed by atoms with Gasteiger partial charge in [-0.3, -0.25) is 4.79 Å². The minimum absolute atomic E-state index is 0.0251. The monoisotopic (exact) mass is 212 g/mol. The largest absolute Gasteiger partial charge is 0.480 e. The summed E-state index contributed by atoms with van der Waals surface area (Å²) >= 11 is 0. The lowest BCUT2D eigenvalue weighted by Crippen LogP contribution is -2.27. The number of nitrogens with one attached hydrogen (secondary N) is 1. The van der Waals surface area contributed by atoms with Crippen molar-refractivity contribution in [3.8, 4) is 5.75 Å². The molecule has 1 aliphatic heterocycles. The van der Waals surface area contributed by atoms with Crippen molar-refractivity contribution in [3.05, 3.63) is 17.6 Å². The number of carboxylic acids is 1. The predicted molar refractivity (Wildman–Crippen MR) is 45.3 cm³/mol. The van der Waals surface area contributed by atoms with Gasteiger partial charge in [0.05, 0.1) is 0 Å². The molecule has 0 fully saturated rings. The predicted octanol–water partition coefficient (Wildman–Crippen LogP) is 0.250. The van der Waals surface area contributed by atoms with Crippen LogP contribution in [-0.2, 0) is 4.79 Å². The molecule has 78 valence electrons. The van der Waals surface area contributed by atoms with Gasteiger partial charge in [0.25, 0.3) is 5.91 Å². The number of ether oxygens (including phenoxy) is 1. The number of nitrogens with zero attached hydrogens (tertiary/aromatic N) is 1. The van der Waals surface area contributed by atoms with Gasteiger partial charge in [0.15, 0.2) is 29.7 Å². The van der Waals surface area contributed by atoms with E-state index in [2.05, 4.69) is 10.3 Å². The molecule has 0 spiro atoms. The van der Waals surface area contributed by atoms with Gasteiger partial charge in [-0.2, -0.15) is 0 Å². The molecule has 0 saturated heterocycles. The van der Waals surface area contributed by atoms with Gasteiger partial charge < -0.3 is 15.2 Å². The van der Waals surface area contributed by atoms with Gasteiger partial charge in [-0.15, -0.1) is 0 Å². The highest BCUT2D eigenvalue weighted by Crippen LogP contribution is 2.27. The molecular weight excluding hydrogens is 207 g/mol. The van der Waals surface area contributed by atoms with E-state index in [1.165, 1.54) is 0 Å². The lowest BCUT2D eigenvalue weighted by atomic mass is 10.3. The van der Waals surface area contributed by atoms with Gasteiger partial charge >= 0.3 is 5.97 Å². The van der Waals surface area contributed by atoms with Crippen LogP contribution in [0.1, 0.15) is 10.5 Å². The first-order valence-electron chi connectivity index (χ1n) is 3.94. The van der Waals surface area contributed by atoms with Crippen LogP contribution >= 0.6 is 0 Å². The molecule has 1 aromatic rings. The van der Waals surface area contributed by atoms with E-state index in [1.807, 2.05) is 0 Å². The van der Waals surface area contributed by atoms with E-state index in [1.54, 1.807) is 0 Å². The number of aromatic nitrogens is 1. The fraction of sp³-hybridized carbons (Fsp3) is 0.125. The van der Waals surface area contributed by atoms with Gasteiger partial charge in [-0.1, -0.05) is 0 Å². The molecule has 1 aliphatic rings. The third-order valence-corrected chi connectivity index (χ3v) is 1.76. The lowest BCUT2D eigenvalue weighted by Gasteiger charge is -2.16. The Hall–Kier alpha value is -2.18. The zero-order valence-electron chi connectivity index (χ0n) is 7.28. The Morgan fingerprint density at radius 2 is 2.40 bits per heavy atom. The van der Waals surface area contributed by atoms with Crippen molar-refractivity contribution in [3.63, 3.8) is 0 Å². The summed E-state index contributed by atoms with van der Waals surface area (Å²) in [6.07, 6.45) is 0. The molecule has 1 amide bonds. The van der Waals surface area contributed by atoms with Gasteiger partial charge in [0.1, 0.15) is 0 Å². The molecule has 0 unspecified atom stereocenters. The number of hydrogen-bond donors (Lipinski definition) is 2. The Balaban J connectivity index is 2.51. The minimum atomic E-state index is -1.50. The normalized spacial score (nSPS) is 13.8. The van der Waals surface area contributed by atoms with Crippen molar-refractivity contribution >= 4 is 17.7 Å². The maximum Gasteiger partial charge on any atom is 0.357 e. The number of amides is 1. The van der Waals surface area contributed by atoms with Crippen LogP contribution in [0.3, 0.4) is 0 Å². The van der Waals surface area contributed by atoms with Crippen LogP contribution in [0.25, 0.3) is 0 Å². The molecular formula is C8H5FN2O4. The highest BCUT2D eigenvalue weighted by atomic mass is 19.1. The SMILES string of the molecule is O=C1COc2cc(F)c(C(=O)O)nc2N1. The number of halogens is 1. The Labute approximate surface area is 82.7 Å². The molecule has 2 rings (SSSR count). The maximum atomic E-state index is 13.1. The number of anilines is 1. The van der Waals surface area contributed by atoms with E-state index < -0.39 is 23.4 Å². The Morgan fingerprint density at radius 1 is 1.67 bits per heavy atom. The third kappa shape index (κ3) is 1.58. The first-order valence-corrected chi connectivity index (χ1v) is 3.94. The molecule has 0 saturated carbocycles. The Kier molecular flexibility index (Phi) is 2.00. The molecule has 0 bridgehead atoms. The van der Waals surface area contributed by atoms with E-state index in [4.69, 9.17) is 9.84 Å². The molecule has 7 heteroatoms. The smallest absolute Gasteiger partial charge is 0.357 e. The van der Waals surface area contributed by atoms with Crippen LogP contribution in [0.5, 0.6) is 5.75 Å². The number of pyridine rings is 1. The van der Waals surface area contributed by atoms with E-state index in [-0.39, 0.29) is 18.2 Å². The van der Waals surface area contributed by atoms with E-state index in [9.17, 15) is 14.0 Å². The molecule has 2 heterocycles. The number of hydrogen-bond acceptors (Lipinski definition) is 4. The standard InChI is InChI=1S/C8H5FN2O4/c9-3-1-4-7(10-5(12)2-15-4)11-6(3)8(13)14/h1H,2H2,(H,13,14)(H,10,11,12). The quantitative estimate of drug-likeness (QED) is 0.696. The van der Waals surface area contributed by atoms with Crippen molar-refractivity contribution in [1.29, 1.82) is 0 Å². The summed E-state index contributed by atoms with van der Waals surface area (Å²) in [5, 5.41) is 10.9. The minimum Gasteiger partial charge on any atom is -0.480 e. The third-order valence-electron chi connectivity index (χ3n) is 1.76. The molecule has 0 aliphatic carbocycles. The highest BCUT2D eigenvalue weighted by molar-refractivity contribution is 5.95. The average Bonchev–Trinajstić information content (AvgIpc) is 2.17. The number of aromatic carboxylic acids is 1. The fourth-order valence-corrected chi connectivity index (χ4v) is 1.13. The summed E-state index contributed by atoms with van der Waals surface area (Å²) in [4.78, 5) is 24.8. The molecule has 15 heavy (non-hydrogen) atoms. The second-order valence-electron chi connectivity index (χ2n) is 2.81. The molecule has 0 atom stereocenters. The summed E-state index contributed by atoms with van der Waals surface area (Å²) in [6.45, 7) is -0.236. The van der Waals surface area contributed by atoms with Crippen molar-refractivity contribution in [2.24, 2.45) is 0 Å². The Bertz CT molecular complexity index is 460. The molecule has 0 radical (unpaired) electrons. The zero-order chi connectivity index (χ0) is 11.0. The van der Waals surface area contributed by atoms with E-state index in [0.717, 1.165) is 6.07 Å². The van der Waals surface area contributed by atoms with Crippen LogP contribution in [0, 0.1) is 5.82 Å². The van der Waals surface area contributed by atoms with Crippen molar-refractivity contribution < 1.29 is 23.8 Å². The molecule has 6 nitrogen and oxygen atoms in total. The summed E-state index contributed by atoms with van der Waals surface area (Å²) in [5.41, 5.74) is -0.750. The topological polar surface area (TPSA) is 88.5 Å². The van der Waals surface area contributed by atoms with Gasteiger partial charge in [0.2, 0.25) is 0 Å². The lowest BCUT2D eigenvalue weighted by molar-refractivity contribution is -0.118. The van der Waals surface area contributed by atoms with Crippen LogP contribution < -0.4 is 10.1 Å². The van der Waals surface area contributed by atoms with Crippen molar-refractivity contribution in [1.82, 2.24) is 4.98 Å². The zero-order valence-corrected chi connectivity index (χ0v) is 7.28. The number of carbonyl (C=O) groups excluding carboxylic acids is 1. The number of carboxylic acid groups (broad SMARTS) is 1. The van der Waals surface area contributed by atoms with Gasteiger partial charge in [0, 0.05) is 6.07 Å². The van der Waals surface area contributed by atoms with Crippen molar-refractivity contribution in [2.45, 2.75) is 0 Å². The molecule has 2 N–H and O–H groups in total. The first kappa shape index (κ1) is 9.38. The molecule has 0 aromatic carbocycles. The fourth-order valence-electron chi connectivity index (χ4n) is 1.13. The van der Waals surface area contributed by atoms with Gasteiger partial charge in [-0.05, 0) is 0 Å². The van der Waals surface area contributed by atoms with E-state index in [0.29, 0.717) is 0 Å². The average molecular weight is 212 g/mol. The summed E-state index contributed by atoms with van der Waals surface area (Å²) in [5.74, 6) is -3.02. The summed E-state index contributed by atoms with van der Waals surface area (Å²) < 4.78 is 17.9. The maximum absolute atomic E-state index is 13.1. The second kappa shape index (κ2) is 3.19. The molecule has 1 aromatic heterocycles. The number of carbonyl (C=O) groups is 2.